The zero-order valence-corrected chi connectivity index (χ0v) is 12.5. The molecule has 1 fully saturated rings. The molecular formula is C17H26N2O. The van der Waals surface area contributed by atoms with Crippen LogP contribution >= 0.6 is 0 Å². The second kappa shape index (κ2) is 8.05. The van der Waals surface area contributed by atoms with E-state index in [0.717, 1.165) is 25.9 Å². The van der Waals surface area contributed by atoms with Gasteiger partial charge in [0.25, 0.3) is 0 Å². The number of hydrogen-bond donors (Lipinski definition) is 1. The van der Waals surface area contributed by atoms with Crippen molar-refractivity contribution in [2.45, 2.75) is 45.1 Å². The van der Waals surface area contributed by atoms with Crippen LogP contribution in [-0.2, 0) is 11.2 Å². The van der Waals surface area contributed by atoms with E-state index < -0.39 is 0 Å². The van der Waals surface area contributed by atoms with Crippen molar-refractivity contribution in [1.29, 1.82) is 0 Å². The number of nitrogens with zero attached hydrogens (tertiary/aromatic N) is 1. The quantitative estimate of drug-likeness (QED) is 0.809. The summed E-state index contributed by atoms with van der Waals surface area (Å²) in [6.45, 7) is 4.63. The van der Waals surface area contributed by atoms with Crippen molar-refractivity contribution in [2.24, 2.45) is 0 Å². The fourth-order valence-electron chi connectivity index (χ4n) is 2.80. The molecule has 20 heavy (non-hydrogen) atoms. The molecule has 0 aliphatic carbocycles. The second-order valence-corrected chi connectivity index (χ2v) is 5.75. The average molecular weight is 274 g/mol. The zero-order valence-electron chi connectivity index (χ0n) is 12.5. The van der Waals surface area contributed by atoms with Crippen molar-refractivity contribution in [3.63, 3.8) is 0 Å². The van der Waals surface area contributed by atoms with Crippen molar-refractivity contribution >= 4 is 5.91 Å². The number of piperidine rings is 1. The van der Waals surface area contributed by atoms with Gasteiger partial charge in [-0.3, -0.25) is 9.69 Å². The van der Waals surface area contributed by atoms with Gasteiger partial charge in [0.05, 0.1) is 6.54 Å². The van der Waals surface area contributed by atoms with Crippen LogP contribution in [0.25, 0.3) is 0 Å². The molecule has 0 spiro atoms. The van der Waals surface area contributed by atoms with E-state index in [9.17, 15) is 4.79 Å². The van der Waals surface area contributed by atoms with Crippen molar-refractivity contribution in [3.8, 4) is 0 Å². The Bertz CT molecular complexity index is 405. The molecular weight excluding hydrogens is 248 g/mol. The van der Waals surface area contributed by atoms with Crippen LogP contribution in [0, 0.1) is 0 Å². The van der Waals surface area contributed by atoms with Crippen LogP contribution in [0.3, 0.4) is 0 Å². The smallest absolute Gasteiger partial charge is 0.234 e. The average Bonchev–Trinajstić information content (AvgIpc) is 2.47. The molecule has 2 rings (SSSR count). The number of benzene rings is 1. The normalized spacial score (nSPS) is 19.8. The number of likely N-dealkylation sites (tertiary alicyclic amines) is 1. The van der Waals surface area contributed by atoms with Crippen LogP contribution in [0.2, 0.25) is 0 Å². The summed E-state index contributed by atoms with van der Waals surface area (Å²) >= 11 is 0. The molecule has 0 bridgehead atoms. The van der Waals surface area contributed by atoms with E-state index >= 15 is 0 Å². The molecule has 1 heterocycles. The van der Waals surface area contributed by atoms with Crippen molar-refractivity contribution in [3.05, 3.63) is 35.9 Å². The van der Waals surface area contributed by atoms with Gasteiger partial charge in [0, 0.05) is 12.6 Å². The maximum atomic E-state index is 11.9. The third kappa shape index (κ3) is 4.97. The lowest BCUT2D eigenvalue weighted by molar-refractivity contribution is -0.123. The Morgan fingerprint density at radius 3 is 2.85 bits per heavy atom. The molecule has 3 nitrogen and oxygen atoms in total. The summed E-state index contributed by atoms with van der Waals surface area (Å²) < 4.78 is 0. The van der Waals surface area contributed by atoms with Crippen LogP contribution in [0.15, 0.2) is 30.3 Å². The first-order valence-electron chi connectivity index (χ1n) is 7.80. The van der Waals surface area contributed by atoms with Crippen LogP contribution in [-0.4, -0.2) is 36.5 Å². The molecule has 1 atom stereocenters. The third-order valence-corrected chi connectivity index (χ3v) is 4.09. The van der Waals surface area contributed by atoms with Crippen molar-refractivity contribution in [2.75, 3.05) is 19.6 Å². The van der Waals surface area contributed by atoms with Crippen LogP contribution in [0.5, 0.6) is 0 Å². The lowest BCUT2D eigenvalue weighted by Crippen LogP contribution is -2.44. The summed E-state index contributed by atoms with van der Waals surface area (Å²) in [5.41, 5.74) is 1.34. The minimum Gasteiger partial charge on any atom is -0.355 e. The molecule has 1 aromatic carbocycles. The Balaban J connectivity index is 1.60. The van der Waals surface area contributed by atoms with Gasteiger partial charge in [0.1, 0.15) is 0 Å². The number of aryl methyl sites for hydroxylation is 1. The number of carbonyl (C=O) groups is 1. The minimum atomic E-state index is 0.173. The van der Waals surface area contributed by atoms with Gasteiger partial charge < -0.3 is 5.32 Å². The molecule has 1 amide bonds. The Morgan fingerprint density at radius 1 is 1.30 bits per heavy atom. The maximum Gasteiger partial charge on any atom is 0.234 e. The van der Waals surface area contributed by atoms with E-state index in [1.807, 2.05) is 6.07 Å². The first kappa shape index (κ1) is 15.0. The number of amides is 1. The predicted molar refractivity (Wildman–Crippen MR) is 82.7 cm³/mol. The topological polar surface area (TPSA) is 32.3 Å². The highest BCUT2D eigenvalue weighted by molar-refractivity contribution is 5.78. The summed E-state index contributed by atoms with van der Waals surface area (Å²) in [5, 5.41) is 3.04. The number of hydrogen-bond acceptors (Lipinski definition) is 2. The first-order chi connectivity index (χ1) is 9.75. The maximum absolute atomic E-state index is 11.9. The van der Waals surface area contributed by atoms with Crippen LogP contribution in [0.4, 0.5) is 0 Å². The van der Waals surface area contributed by atoms with E-state index in [2.05, 4.69) is 41.4 Å². The molecule has 0 saturated carbocycles. The largest absolute Gasteiger partial charge is 0.355 e. The molecule has 0 aromatic heterocycles. The Hall–Kier alpha value is -1.35. The van der Waals surface area contributed by atoms with Crippen molar-refractivity contribution in [1.82, 2.24) is 10.2 Å². The monoisotopic (exact) mass is 274 g/mol. The number of nitrogens with one attached hydrogen (secondary N) is 1. The van der Waals surface area contributed by atoms with Crippen molar-refractivity contribution < 1.29 is 4.79 Å². The highest BCUT2D eigenvalue weighted by Gasteiger charge is 2.19. The van der Waals surface area contributed by atoms with E-state index in [-0.39, 0.29) is 5.91 Å². The van der Waals surface area contributed by atoms with Crippen LogP contribution in [0.1, 0.15) is 38.2 Å². The lowest BCUT2D eigenvalue weighted by Gasteiger charge is -2.32. The van der Waals surface area contributed by atoms with Gasteiger partial charge in [0.2, 0.25) is 5.91 Å². The molecule has 1 aliphatic rings. The summed E-state index contributed by atoms with van der Waals surface area (Å²) in [4.78, 5) is 14.2. The molecule has 0 radical (unpaired) electrons. The predicted octanol–water partition coefficient (Wildman–Crippen LogP) is 2.61. The summed E-state index contributed by atoms with van der Waals surface area (Å²) in [5.74, 6) is 0.173. The summed E-state index contributed by atoms with van der Waals surface area (Å²) in [7, 11) is 0. The Kier molecular flexibility index (Phi) is 6.06. The zero-order chi connectivity index (χ0) is 14.2. The highest BCUT2D eigenvalue weighted by atomic mass is 16.2. The Morgan fingerprint density at radius 2 is 2.10 bits per heavy atom. The second-order valence-electron chi connectivity index (χ2n) is 5.75. The highest BCUT2D eigenvalue weighted by Crippen LogP contribution is 2.15. The molecule has 1 aliphatic heterocycles. The fraction of sp³-hybridized carbons (Fsp3) is 0.588. The molecule has 1 saturated heterocycles. The standard InChI is InChI=1S/C17H26N2O/c1-15-8-5-6-13-19(15)14-17(20)18-12-7-11-16-9-3-2-4-10-16/h2-4,9-10,15H,5-8,11-14H2,1H3,(H,18,20). The van der Waals surface area contributed by atoms with E-state index in [4.69, 9.17) is 0 Å². The fourth-order valence-corrected chi connectivity index (χ4v) is 2.80. The number of carbonyl (C=O) groups excluding carboxylic acids is 1. The number of rotatable bonds is 6. The van der Waals surface area contributed by atoms with E-state index in [1.54, 1.807) is 0 Å². The summed E-state index contributed by atoms with van der Waals surface area (Å²) in [6, 6.07) is 11.0. The lowest BCUT2D eigenvalue weighted by atomic mass is 10.0. The third-order valence-electron chi connectivity index (χ3n) is 4.09. The SMILES string of the molecule is CC1CCCCN1CC(=O)NCCCc1ccccc1. The van der Waals surface area contributed by atoms with Gasteiger partial charge >= 0.3 is 0 Å². The molecule has 110 valence electrons. The molecule has 1 aromatic rings. The van der Waals surface area contributed by atoms with E-state index in [0.29, 0.717) is 12.6 Å². The van der Waals surface area contributed by atoms with Gasteiger partial charge in [-0.1, -0.05) is 36.8 Å². The van der Waals surface area contributed by atoms with Gasteiger partial charge in [-0.2, -0.15) is 0 Å². The summed E-state index contributed by atoms with van der Waals surface area (Å²) in [6.07, 6.45) is 5.79. The Labute approximate surface area is 122 Å². The first-order valence-corrected chi connectivity index (χ1v) is 7.80. The van der Waals surface area contributed by atoms with Gasteiger partial charge in [-0.05, 0) is 44.7 Å². The minimum absolute atomic E-state index is 0.173. The van der Waals surface area contributed by atoms with Crippen LogP contribution < -0.4 is 5.32 Å². The van der Waals surface area contributed by atoms with E-state index in [1.165, 1.54) is 24.8 Å². The molecule has 3 heteroatoms. The van der Waals surface area contributed by atoms with Gasteiger partial charge in [-0.25, -0.2) is 0 Å². The molecule has 1 N–H and O–H groups in total. The molecule has 1 unspecified atom stereocenters. The van der Waals surface area contributed by atoms with Gasteiger partial charge in [0.15, 0.2) is 0 Å². The van der Waals surface area contributed by atoms with Gasteiger partial charge in [-0.15, -0.1) is 0 Å².